The summed E-state index contributed by atoms with van der Waals surface area (Å²) in [6.07, 6.45) is 54.4. The van der Waals surface area contributed by atoms with E-state index in [2.05, 4.69) is 146 Å². The molecule has 0 bridgehead atoms. The fraction of sp³-hybridized carbons (Fsp3) is 1.00. The minimum absolute atomic E-state index is 1.12. The van der Waals surface area contributed by atoms with E-state index in [-0.39, 0.29) is 0 Å². The average Bonchev–Trinajstić information content (AvgIpc) is 0.935. The van der Waals surface area contributed by atoms with Crippen molar-refractivity contribution in [2.75, 3.05) is 0 Å². The average molecular weight is 1440 g/mol. The first kappa shape index (κ1) is 91.8. The van der Waals surface area contributed by atoms with Crippen LogP contribution in [0.1, 0.15) is 311 Å². The van der Waals surface area contributed by atoms with E-state index in [9.17, 15) is 0 Å². The fourth-order valence-corrected chi connectivity index (χ4v) is 53.4. The fourth-order valence-electron chi connectivity index (χ4n) is 13.2. The second-order valence-electron chi connectivity index (χ2n) is 33.6. The van der Waals surface area contributed by atoms with Gasteiger partial charge in [-0.05, 0) is 153 Å². The Hall–Kier alpha value is 1.85. The lowest BCUT2D eigenvalue weighted by Crippen LogP contribution is -2.66. The third-order valence-corrected chi connectivity index (χ3v) is 57.0. The number of hydrogen-bond acceptors (Lipinski definition) is 8. The predicted octanol–water partition coefficient (Wildman–Crippen LogP) is 28.1. The Morgan fingerprint density at radius 1 is 0.133 bits per heavy atom. The number of rotatable bonds is 67. The van der Waals surface area contributed by atoms with Gasteiger partial charge in [-0.2, -0.15) is 0 Å². The van der Waals surface area contributed by atoms with Crippen molar-refractivity contribution in [1.29, 1.82) is 0 Å². The summed E-state index contributed by atoms with van der Waals surface area (Å²) in [5.74, 6) is 0. The van der Waals surface area contributed by atoms with Crippen molar-refractivity contribution in [3.05, 3.63) is 0 Å². The van der Waals surface area contributed by atoms with Gasteiger partial charge in [0.05, 0.1) is 0 Å². The second kappa shape index (κ2) is 51.1. The van der Waals surface area contributed by atoms with Crippen LogP contribution in [-0.4, -0.2) is 84.6 Å². The largest absolute Gasteiger partial charge is 0.636 e. The molecule has 0 heterocycles. The molecule has 0 rings (SSSR count). The first-order valence-electron chi connectivity index (χ1n) is 39.8. The Bertz CT molecular complexity index is 1400. The summed E-state index contributed by atoms with van der Waals surface area (Å²) in [6, 6.07) is 9.10. The van der Waals surface area contributed by atoms with Crippen LogP contribution in [0, 0.1) is 0 Å². The third-order valence-electron chi connectivity index (χ3n) is 18.8. The highest BCUT2D eigenvalue weighted by Gasteiger charge is 2.59. The van der Waals surface area contributed by atoms with Crippen LogP contribution in [0.3, 0.4) is 0 Å². The van der Waals surface area contributed by atoms with Gasteiger partial charge in [0, 0.05) is 0 Å². The lowest BCUT2D eigenvalue weighted by atomic mass is 10.1. The molecule has 18 heteroatoms. The van der Waals surface area contributed by atoms with Crippen molar-refractivity contribution in [3.63, 3.8) is 0 Å². The van der Waals surface area contributed by atoms with Crippen molar-refractivity contribution >= 4 is 84.6 Å². The standard InChI is InChI=1S/C72H166O8Si10/c1-23-29-35-41-49-57-65-81(7,8)73-89(74-82(9,10)66-58-50-42-36-30-24-2,75-83(11,12)67-59-51-43-37-31-25-3)79-87(19,20)71-63-55-47-48-56-64-72-88(21,22)80-90(76-84(13,14)68-60-52-44-38-32-26-4,77-85(15,16)69-61-53-45-39-33-27-5)78-86(17,18)70-62-54-46-40-34-28-6/h23-72H2,1-22H3. The molecule has 0 spiro atoms. The minimum Gasteiger partial charge on any atom is -0.396 e. The lowest BCUT2D eigenvalue weighted by Gasteiger charge is -2.46. The van der Waals surface area contributed by atoms with Gasteiger partial charge in [0.1, 0.15) is 0 Å². The topological polar surface area (TPSA) is 73.8 Å². The van der Waals surface area contributed by atoms with Crippen molar-refractivity contribution in [2.24, 2.45) is 0 Å². The van der Waals surface area contributed by atoms with Crippen LogP contribution in [0.15, 0.2) is 0 Å². The summed E-state index contributed by atoms with van der Waals surface area (Å²) in [6.45, 7) is 53.3. The third kappa shape index (κ3) is 51.9. The second-order valence-corrected chi connectivity index (χ2v) is 74.3. The number of unbranched alkanes of at least 4 members (excludes halogenated alkanes) is 35. The minimum atomic E-state index is -3.56. The summed E-state index contributed by atoms with van der Waals surface area (Å²) in [5.41, 5.74) is 0. The molecule has 0 aliphatic rings. The van der Waals surface area contributed by atoms with Gasteiger partial charge in [-0.15, -0.1) is 0 Å². The van der Waals surface area contributed by atoms with Crippen LogP contribution < -0.4 is 0 Å². The van der Waals surface area contributed by atoms with Gasteiger partial charge >= 0.3 is 18.1 Å². The summed E-state index contributed by atoms with van der Waals surface area (Å²) >= 11 is 0. The van der Waals surface area contributed by atoms with Crippen LogP contribution >= 0.6 is 0 Å². The maximum absolute atomic E-state index is 7.82. The summed E-state index contributed by atoms with van der Waals surface area (Å²) < 4.78 is 62.2. The van der Waals surface area contributed by atoms with Crippen LogP contribution in [0.25, 0.3) is 0 Å². The van der Waals surface area contributed by atoms with Gasteiger partial charge in [-0.1, -0.05) is 311 Å². The molecule has 0 aromatic heterocycles. The Balaban J connectivity index is 6.72. The molecule has 90 heavy (non-hydrogen) atoms. The van der Waals surface area contributed by atoms with E-state index in [0.717, 1.165) is 48.4 Å². The van der Waals surface area contributed by atoms with Crippen LogP contribution in [0.4, 0.5) is 0 Å². The van der Waals surface area contributed by atoms with Crippen LogP contribution in [0.2, 0.25) is 153 Å². The van der Waals surface area contributed by atoms with Crippen LogP contribution in [-0.2, 0) is 32.9 Å². The van der Waals surface area contributed by atoms with Crippen LogP contribution in [0.5, 0.6) is 0 Å². The molecule has 0 atom stereocenters. The van der Waals surface area contributed by atoms with Gasteiger partial charge in [-0.3, -0.25) is 0 Å². The Kier molecular flexibility index (Phi) is 52.1. The monoisotopic (exact) mass is 1440 g/mol. The predicted molar refractivity (Wildman–Crippen MR) is 426 cm³/mol. The molecule has 542 valence electrons. The van der Waals surface area contributed by atoms with E-state index in [1.165, 1.54) is 270 Å². The van der Waals surface area contributed by atoms with E-state index in [1.54, 1.807) is 0 Å². The maximum atomic E-state index is 7.82. The summed E-state index contributed by atoms with van der Waals surface area (Å²) in [7, 11) is -25.1. The normalized spacial score (nSPS) is 13.8. The van der Waals surface area contributed by atoms with E-state index in [4.69, 9.17) is 32.9 Å². The molecule has 0 aromatic carbocycles. The highest BCUT2D eigenvalue weighted by Crippen LogP contribution is 2.39. The first-order valence-corrected chi connectivity index (χ1v) is 68.0. The molecule has 8 nitrogen and oxygen atoms in total. The summed E-state index contributed by atoms with van der Waals surface area (Å²) in [5, 5.41) is 0. The maximum Gasteiger partial charge on any atom is 0.636 e. The Morgan fingerprint density at radius 3 is 0.322 bits per heavy atom. The van der Waals surface area contributed by atoms with E-state index in [0.29, 0.717) is 0 Å². The molecule has 0 saturated carbocycles. The Labute approximate surface area is 577 Å². The SMILES string of the molecule is CCCCCCCC[Si](C)(C)O[Si](O[Si](C)(C)CCCCCCCC)(O[Si](C)(C)CCCCCCCC)O[Si](C)(C)CCCCCCCC[Si](C)(C)O[Si](O[Si](C)(C)CCCCCCCC)(O[Si](C)(C)CCCCCCCC)O[Si](C)(C)CCCCCCCC. The molecule has 0 aromatic rings. The van der Waals surface area contributed by atoms with Crippen molar-refractivity contribution in [2.45, 2.75) is 464 Å². The zero-order valence-corrected chi connectivity index (χ0v) is 75.6. The van der Waals surface area contributed by atoms with Gasteiger partial charge in [0.15, 0.2) is 66.5 Å². The highest BCUT2D eigenvalue weighted by atomic mass is 28.6. The molecular weight excluding hydrogens is 1270 g/mol. The van der Waals surface area contributed by atoms with Gasteiger partial charge in [0.25, 0.3) is 0 Å². The number of hydrogen-bond donors (Lipinski definition) is 0. The van der Waals surface area contributed by atoms with Crippen molar-refractivity contribution in [3.8, 4) is 0 Å². The highest BCUT2D eigenvalue weighted by molar-refractivity contribution is 6.93. The van der Waals surface area contributed by atoms with Gasteiger partial charge in [-0.25, -0.2) is 0 Å². The zero-order valence-electron chi connectivity index (χ0n) is 65.6. The molecule has 0 saturated heterocycles. The molecule has 0 unspecified atom stereocenters. The van der Waals surface area contributed by atoms with Crippen molar-refractivity contribution < 1.29 is 32.9 Å². The smallest absolute Gasteiger partial charge is 0.396 e. The molecular formula is C72H166O8Si10. The van der Waals surface area contributed by atoms with E-state index in [1.807, 2.05) is 0 Å². The quantitative estimate of drug-likeness (QED) is 0.0441. The molecule has 0 aliphatic carbocycles. The molecule has 0 fully saturated rings. The molecule has 0 aliphatic heterocycles. The molecule has 0 radical (unpaired) electrons. The van der Waals surface area contributed by atoms with E-state index < -0.39 is 84.6 Å². The Morgan fingerprint density at radius 2 is 0.222 bits per heavy atom. The van der Waals surface area contributed by atoms with E-state index >= 15 is 0 Å². The van der Waals surface area contributed by atoms with Gasteiger partial charge < -0.3 is 32.9 Å². The molecule has 0 amide bonds. The lowest BCUT2D eigenvalue weighted by molar-refractivity contribution is 0.142. The zero-order chi connectivity index (χ0) is 68.0. The molecule has 0 N–H and O–H groups in total. The first-order chi connectivity index (χ1) is 42.2. The van der Waals surface area contributed by atoms with Crippen molar-refractivity contribution in [1.82, 2.24) is 0 Å². The van der Waals surface area contributed by atoms with Gasteiger partial charge in [0.2, 0.25) is 0 Å². The summed E-state index contributed by atoms with van der Waals surface area (Å²) in [4.78, 5) is 0.